The zero-order chi connectivity index (χ0) is 16.4. The third-order valence-electron chi connectivity index (χ3n) is 4.70. The van der Waals surface area contributed by atoms with Gasteiger partial charge < -0.3 is 14.9 Å². The second-order valence-electron chi connectivity index (χ2n) is 6.34. The van der Waals surface area contributed by atoms with Crippen molar-refractivity contribution in [3.8, 4) is 11.3 Å². The van der Waals surface area contributed by atoms with Gasteiger partial charge >= 0.3 is 0 Å². The molecule has 1 saturated heterocycles. The lowest BCUT2D eigenvalue weighted by atomic mass is 9.92. The van der Waals surface area contributed by atoms with Crippen molar-refractivity contribution in [1.29, 1.82) is 0 Å². The van der Waals surface area contributed by atoms with E-state index in [-0.39, 0.29) is 5.82 Å². The molecule has 24 heavy (non-hydrogen) atoms. The first kappa shape index (κ1) is 14.9. The quantitative estimate of drug-likeness (QED) is 0.773. The van der Waals surface area contributed by atoms with Gasteiger partial charge in [0.25, 0.3) is 0 Å². The van der Waals surface area contributed by atoms with Crippen LogP contribution in [0.25, 0.3) is 11.3 Å². The molecule has 1 fully saturated rings. The van der Waals surface area contributed by atoms with Crippen LogP contribution in [-0.4, -0.2) is 33.0 Å². The molecular weight excluding hydrogens is 305 g/mol. The summed E-state index contributed by atoms with van der Waals surface area (Å²) in [4.78, 5) is 17.4. The molecule has 3 aromatic rings. The number of nitrogens with one attached hydrogen (secondary N) is 2. The monoisotopic (exact) mass is 325 g/mol. The predicted octanol–water partition coefficient (Wildman–Crippen LogP) is 3.40. The van der Waals surface area contributed by atoms with Gasteiger partial charge in [-0.15, -0.1) is 0 Å². The lowest BCUT2D eigenvalue weighted by Gasteiger charge is -2.31. The molecule has 0 radical (unpaired) electrons. The smallest absolute Gasteiger partial charge is 0.203 e. The molecule has 1 aliphatic rings. The Balaban J connectivity index is 1.38. The van der Waals surface area contributed by atoms with Crippen LogP contribution < -0.4 is 4.90 Å². The van der Waals surface area contributed by atoms with Gasteiger partial charge in [0, 0.05) is 25.0 Å². The highest BCUT2D eigenvalue weighted by Gasteiger charge is 2.21. The van der Waals surface area contributed by atoms with Crippen molar-refractivity contribution >= 4 is 5.95 Å². The van der Waals surface area contributed by atoms with E-state index in [4.69, 9.17) is 0 Å². The van der Waals surface area contributed by atoms with Gasteiger partial charge in [-0.1, -0.05) is 0 Å². The van der Waals surface area contributed by atoms with Crippen molar-refractivity contribution in [2.45, 2.75) is 19.3 Å². The van der Waals surface area contributed by atoms with E-state index in [0.29, 0.717) is 5.92 Å². The van der Waals surface area contributed by atoms with Crippen molar-refractivity contribution in [2.75, 3.05) is 18.0 Å². The second kappa shape index (κ2) is 6.47. The van der Waals surface area contributed by atoms with E-state index in [1.165, 1.54) is 17.8 Å². The Bertz CT molecular complexity index is 770. The molecular formula is C18H20FN5. The molecule has 0 saturated carbocycles. The number of rotatable bonds is 4. The number of halogens is 1. The SMILES string of the molecule is Fc1ccc(-c2cnc(N3CCC(Cc4cnc[nH]4)CC3)[nH]2)cc1. The minimum absolute atomic E-state index is 0.224. The number of benzene rings is 1. The summed E-state index contributed by atoms with van der Waals surface area (Å²) in [5, 5.41) is 0. The van der Waals surface area contributed by atoms with Gasteiger partial charge in [0.05, 0.1) is 18.2 Å². The lowest BCUT2D eigenvalue weighted by molar-refractivity contribution is 0.398. The van der Waals surface area contributed by atoms with Gasteiger partial charge in [0.15, 0.2) is 0 Å². The molecule has 0 atom stereocenters. The molecule has 0 amide bonds. The Kier molecular flexibility index (Phi) is 4.02. The molecule has 124 valence electrons. The second-order valence-corrected chi connectivity index (χ2v) is 6.34. The lowest BCUT2D eigenvalue weighted by Crippen LogP contribution is -2.35. The maximum atomic E-state index is 13.0. The molecule has 1 aromatic carbocycles. The number of aromatic amines is 2. The van der Waals surface area contributed by atoms with E-state index in [0.717, 1.165) is 49.6 Å². The summed E-state index contributed by atoms with van der Waals surface area (Å²) in [5.74, 6) is 1.36. The number of hydrogen-bond donors (Lipinski definition) is 2. The van der Waals surface area contributed by atoms with E-state index >= 15 is 0 Å². The summed E-state index contributed by atoms with van der Waals surface area (Å²) in [6.07, 6.45) is 8.82. The molecule has 3 heterocycles. The minimum Gasteiger partial charge on any atom is -0.348 e. The molecule has 5 nitrogen and oxygen atoms in total. The van der Waals surface area contributed by atoms with E-state index in [2.05, 4.69) is 24.8 Å². The summed E-state index contributed by atoms with van der Waals surface area (Å²) >= 11 is 0. The highest BCUT2D eigenvalue weighted by atomic mass is 19.1. The third kappa shape index (κ3) is 3.18. The minimum atomic E-state index is -0.224. The van der Waals surface area contributed by atoms with E-state index in [9.17, 15) is 4.39 Å². The van der Waals surface area contributed by atoms with E-state index in [1.807, 2.05) is 12.4 Å². The number of hydrogen-bond acceptors (Lipinski definition) is 3. The van der Waals surface area contributed by atoms with Crippen LogP contribution in [0.15, 0.2) is 43.0 Å². The average Bonchev–Trinajstić information content (AvgIpc) is 3.28. The zero-order valence-corrected chi connectivity index (χ0v) is 13.4. The number of aromatic nitrogens is 4. The Hall–Kier alpha value is -2.63. The molecule has 0 spiro atoms. The third-order valence-corrected chi connectivity index (χ3v) is 4.70. The fourth-order valence-corrected chi connectivity index (χ4v) is 3.30. The topological polar surface area (TPSA) is 60.6 Å². The summed E-state index contributed by atoms with van der Waals surface area (Å²) in [5.41, 5.74) is 3.08. The van der Waals surface area contributed by atoms with Crippen molar-refractivity contribution in [3.63, 3.8) is 0 Å². The maximum Gasteiger partial charge on any atom is 0.203 e. The summed E-state index contributed by atoms with van der Waals surface area (Å²) in [7, 11) is 0. The van der Waals surface area contributed by atoms with Crippen LogP contribution in [0.5, 0.6) is 0 Å². The first-order valence-corrected chi connectivity index (χ1v) is 8.31. The fraction of sp³-hybridized carbons (Fsp3) is 0.333. The predicted molar refractivity (Wildman–Crippen MR) is 91.2 cm³/mol. The number of imidazole rings is 2. The largest absolute Gasteiger partial charge is 0.348 e. The number of anilines is 1. The highest BCUT2D eigenvalue weighted by Crippen LogP contribution is 2.26. The number of piperidine rings is 1. The summed E-state index contributed by atoms with van der Waals surface area (Å²) < 4.78 is 13.0. The number of H-pyrrole nitrogens is 2. The molecule has 2 N–H and O–H groups in total. The van der Waals surface area contributed by atoms with Crippen LogP contribution in [0.3, 0.4) is 0 Å². The average molecular weight is 325 g/mol. The molecule has 0 aliphatic carbocycles. The molecule has 0 bridgehead atoms. The highest BCUT2D eigenvalue weighted by molar-refractivity contribution is 5.60. The Morgan fingerprint density at radius 1 is 1.12 bits per heavy atom. The Morgan fingerprint density at radius 2 is 1.92 bits per heavy atom. The molecule has 4 rings (SSSR count). The van der Waals surface area contributed by atoms with Crippen molar-refractivity contribution < 1.29 is 4.39 Å². The van der Waals surface area contributed by atoms with Gasteiger partial charge in [0.1, 0.15) is 5.82 Å². The fourth-order valence-electron chi connectivity index (χ4n) is 3.30. The molecule has 1 aliphatic heterocycles. The van der Waals surface area contributed by atoms with Crippen LogP contribution in [0.1, 0.15) is 18.5 Å². The van der Waals surface area contributed by atoms with Crippen LogP contribution in [0.2, 0.25) is 0 Å². The van der Waals surface area contributed by atoms with Crippen molar-refractivity contribution in [2.24, 2.45) is 5.92 Å². The van der Waals surface area contributed by atoms with E-state index < -0.39 is 0 Å². The number of nitrogens with zero attached hydrogens (tertiary/aromatic N) is 3. The van der Waals surface area contributed by atoms with Gasteiger partial charge in [-0.05, 0) is 55.0 Å². The van der Waals surface area contributed by atoms with Crippen LogP contribution in [-0.2, 0) is 6.42 Å². The van der Waals surface area contributed by atoms with Crippen molar-refractivity contribution in [1.82, 2.24) is 19.9 Å². The molecule has 2 aromatic heterocycles. The maximum absolute atomic E-state index is 13.0. The standard InChI is InChI=1S/C18H20FN5/c19-15-3-1-14(2-4-15)17-11-21-18(23-17)24-7-5-13(6-8-24)9-16-10-20-12-22-16/h1-4,10-13H,5-9H2,(H,20,22)(H,21,23). The van der Waals surface area contributed by atoms with E-state index in [1.54, 1.807) is 18.5 Å². The zero-order valence-electron chi connectivity index (χ0n) is 13.4. The summed E-state index contributed by atoms with van der Waals surface area (Å²) in [6.45, 7) is 1.99. The molecule has 0 unspecified atom stereocenters. The van der Waals surface area contributed by atoms with Gasteiger partial charge in [0.2, 0.25) is 5.95 Å². The van der Waals surface area contributed by atoms with Crippen LogP contribution in [0.4, 0.5) is 10.3 Å². The molecule has 6 heteroatoms. The Morgan fingerprint density at radius 3 is 2.62 bits per heavy atom. The van der Waals surface area contributed by atoms with Crippen LogP contribution >= 0.6 is 0 Å². The first-order chi connectivity index (χ1) is 11.8. The van der Waals surface area contributed by atoms with Gasteiger partial charge in [-0.25, -0.2) is 14.4 Å². The van der Waals surface area contributed by atoms with Crippen molar-refractivity contribution in [3.05, 3.63) is 54.5 Å². The normalized spacial score (nSPS) is 15.8. The Labute approximate surface area is 140 Å². The van der Waals surface area contributed by atoms with Crippen LogP contribution in [0, 0.1) is 11.7 Å². The van der Waals surface area contributed by atoms with Gasteiger partial charge in [-0.3, -0.25) is 0 Å². The first-order valence-electron chi connectivity index (χ1n) is 8.31. The van der Waals surface area contributed by atoms with Gasteiger partial charge in [-0.2, -0.15) is 0 Å². The summed E-state index contributed by atoms with van der Waals surface area (Å²) in [6, 6.07) is 6.47.